The molecule has 0 unspecified atom stereocenters. The molecule has 12 heteroatoms. The van der Waals surface area contributed by atoms with Gasteiger partial charge in [-0.1, -0.05) is 82.0 Å². The van der Waals surface area contributed by atoms with E-state index in [9.17, 15) is 43.9 Å². The Morgan fingerprint density at radius 1 is 0.407 bits per heavy atom. The largest absolute Gasteiger partial charge is 0.493 e. The lowest BCUT2D eigenvalue weighted by Gasteiger charge is -2.12. The van der Waals surface area contributed by atoms with Gasteiger partial charge in [0.25, 0.3) is 0 Å². The topological polar surface area (TPSA) is 18.5 Å². The first kappa shape index (κ1) is 41.7. The van der Waals surface area contributed by atoms with E-state index in [0.29, 0.717) is 43.0 Å². The predicted octanol–water partition coefficient (Wildman–Crippen LogP) is 11.9. The molecule has 0 amide bonds. The molecule has 0 saturated carbocycles. The SMILES string of the molecule is CC(CCCCCCOc1cc(F)c(C#Cc2cc(F)c(F)c(F)c2)c(F)c1)CCCCCCOc1cc(F)c(C#Cc2cc(F)c(F)c(F)c2)c(F)c1. The van der Waals surface area contributed by atoms with Crippen molar-refractivity contribution in [1.82, 2.24) is 0 Å². The van der Waals surface area contributed by atoms with Gasteiger partial charge in [0.15, 0.2) is 34.9 Å². The molecule has 0 aliphatic heterocycles. The predicted molar refractivity (Wildman–Crippen MR) is 184 cm³/mol. The number of benzene rings is 4. The number of halogens is 10. The number of hydrogen-bond acceptors (Lipinski definition) is 2. The van der Waals surface area contributed by atoms with Gasteiger partial charge in [-0.05, 0) is 43.0 Å². The Kier molecular flexibility index (Phi) is 15.7. The van der Waals surface area contributed by atoms with Crippen molar-refractivity contribution >= 4 is 0 Å². The van der Waals surface area contributed by atoms with E-state index in [-0.39, 0.29) is 35.8 Å². The highest BCUT2D eigenvalue weighted by molar-refractivity contribution is 5.47. The summed E-state index contributed by atoms with van der Waals surface area (Å²) in [7, 11) is 0. The van der Waals surface area contributed by atoms with Gasteiger partial charge in [-0.2, -0.15) is 0 Å². The van der Waals surface area contributed by atoms with E-state index in [0.717, 1.165) is 75.6 Å². The Bertz CT molecular complexity index is 1800. The molecule has 0 fully saturated rings. The van der Waals surface area contributed by atoms with Gasteiger partial charge >= 0.3 is 0 Å². The van der Waals surface area contributed by atoms with Gasteiger partial charge in [0, 0.05) is 35.4 Å². The van der Waals surface area contributed by atoms with Crippen molar-refractivity contribution in [3.63, 3.8) is 0 Å². The summed E-state index contributed by atoms with van der Waals surface area (Å²) in [6.45, 7) is 2.70. The molecule has 0 bridgehead atoms. The summed E-state index contributed by atoms with van der Waals surface area (Å²) < 4.78 is 148. The summed E-state index contributed by atoms with van der Waals surface area (Å²) in [6.07, 6.45) is 9.19. The molecule has 2 nitrogen and oxygen atoms in total. The van der Waals surface area contributed by atoms with E-state index in [4.69, 9.17) is 9.47 Å². The van der Waals surface area contributed by atoms with Crippen LogP contribution >= 0.6 is 0 Å². The lowest BCUT2D eigenvalue weighted by Crippen LogP contribution is -2.01. The molecule has 4 rings (SSSR count). The summed E-state index contributed by atoms with van der Waals surface area (Å²) >= 11 is 0. The molecular formula is C42H36F10O2. The highest BCUT2D eigenvalue weighted by Gasteiger charge is 2.14. The molecule has 4 aromatic rings. The van der Waals surface area contributed by atoms with Crippen LogP contribution < -0.4 is 9.47 Å². The number of ether oxygens (including phenoxy) is 2. The zero-order valence-electron chi connectivity index (χ0n) is 29.3. The van der Waals surface area contributed by atoms with Crippen LogP contribution in [0.2, 0.25) is 0 Å². The Labute approximate surface area is 307 Å². The minimum Gasteiger partial charge on any atom is -0.493 e. The maximum atomic E-state index is 14.5. The monoisotopic (exact) mass is 762 g/mol. The third-order valence-corrected chi connectivity index (χ3v) is 8.38. The second-order valence-corrected chi connectivity index (χ2v) is 12.7. The molecule has 0 aromatic heterocycles. The zero-order chi connectivity index (χ0) is 39.2. The maximum absolute atomic E-state index is 14.5. The van der Waals surface area contributed by atoms with Crippen LogP contribution in [0.25, 0.3) is 0 Å². The van der Waals surface area contributed by atoms with Gasteiger partial charge in [-0.3, -0.25) is 0 Å². The number of rotatable bonds is 16. The van der Waals surface area contributed by atoms with Crippen molar-refractivity contribution in [2.24, 2.45) is 5.92 Å². The second kappa shape index (κ2) is 20.4. The minimum atomic E-state index is -1.66. The van der Waals surface area contributed by atoms with Crippen molar-refractivity contribution in [1.29, 1.82) is 0 Å². The lowest BCUT2D eigenvalue weighted by molar-refractivity contribution is 0.298. The van der Waals surface area contributed by atoms with Crippen LogP contribution in [0.1, 0.15) is 93.4 Å². The fraction of sp³-hybridized carbons (Fsp3) is 0.333. The molecule has 4 aromatic carbocycles. The summed E-state index contributed by atoms with van der Waals surface area (Å²) in [6, 6.07) is 6.41. The third kappa shape index (κ3) is 12.5. The average Bonchev–Trinajstić information content (AvgIpc) is 3.11. The fourth-order valence-electron chi connectivity index (χ4n) is 5.45. The molecule has 0 saturated heterocycles. The van der Waals surface area contributed by atoms with Crippen molar-refractivity contribution in [3.05, 3.63) is 129 Å². The fourth-order valence-corrected chi connectivity index (χ4v) is 5.45. The van der Waals surface area contributed by atoms with Gasteiger partial charge in [-0.25, -0.2) is 43.9 Å². The van der Waals surface area contributed by atoms with Crippen molar-refractivity contribution < 1.29 is 53.4 Å². The van der Waals surface area contributed by atoms with Gasteiger partial charge < -0.3 is 9.47 Å². The molecule has 0 radical (unpaired) electrons. The summed E-state index contributed by atoms with van der Waals surface area (Å²) in [5.74, 6) is -3.89. The van der Waals surface area contributed by atoms with E-state index in [1.54, 1.807) is 0 Å². The molecule has 0 spiro atoms. The molecule has 286 valence electrons. The number of hydrogen-bond donors (Lipinski definition) is 0. The smallest absolute Gasteiger partial charge is 0.194 e. The first-order valence-corrected chi connectivity index (χ1v) is 17.4. The minimum absolute atomic E-state index is 0.0152. The highest BCUT2D eigenvalue weighted by atomic mass is 19.2. The molecule has 0 heterocycles. The first-order chi connectivity index (χ1) is 25.8. The Balaban J connectivity index is 1.05. The molecule has 0 aliphatic carbocycles. The van der Waals surface area contributed by atoms with Crippen LogP contribution in [0.4, 0.5) is 43.9 Å². The number of unbranched alkanes of at least 4 members (excludes halogenated alkanes) is 6. The van der Waals surface area contributed by atoms with Crippen molar-refractivity contribution in [2.75, 3.05) is 13.2 Å². The molecule has 0 N–H and O–H groups in total. The molecule has 0 atom stereocenters. The zero-order valence-corrected chi connectivity index (χ0v) is 29.3. The van der Waals surface area contributed by atoms with Crippen LogP contribution in [-0.4, -0.2) is 13.2 Å². The maximum Gasteiger partial charge on any atom is 0.194 e. The Morgan fingerprint density at radius 2 is 0.722 bits per heavy atom. The molecule has 54 heavy (non-hydrogen) atoms. The normalized spacial score (nSPS) is 10.9. The van der Waals surface area contributed by atoms with E-state index in [1.165, 1.54) is 0 Å². The summed E-state index contributed by atoms with van der Waals surface area (Å²) in [5, 5.41) is 0. The standard InChI is InChI=1S/C42H36F10O2/c1-26(10-6-2-4-8-16-53-29-22-33(43)31(34(44)23-29)14-12-27-18-37(47)41(51)38(48)19-27)11-7-3-5-9-17-54-30-24-35(45)32(36(46)25-30)15-13-28-20-39(49)42(52)40(50)21-28/h18-26H,2-11,16-17H2,1H3. The van der Waals surface area contributed by atoms with E-state index >= 15 is 0 Å². The van der Waals surface area contributed by atoms with Crippen LogP contribution in [0.3, 0.4) is 0 Å². The Morgan fingerprint density at radius 3 is 1.06 bits per heavy atom. The van der Waals surface area contributed by atoms with Gasteiger partial charge in [0.1, 0.15) is 34.8 Å². The van der Waals surface area contributed by atoms with E-state index in [1.807, 2.05) is 0 Å². The molecule has 0 aliphatic rings. The lowest BCUT2D eigenvalue weighted by atomic mass is 9.96. The van der Waals surface area contributed by atoms with Crippen LogP contribution in [0.15, 0.2) is 48.5 Å². The van der Waals surface area contributed by atoms with Crippen LogP contribution in [0.5, 0.6) is 11.5 Å². The van der Waals surface area contributed by atoms with Crippen molar-refractivity contribution in [3.8, 4) is 35.2 Å². The highest BCUT2D eigenvalue weighted by Crippen LogP contribution is 2.24. The summed E-state index contributed by atoms with van der Waals surface area (Å²) in [4.78, 5) is 0. The van der Waals surface area contributed by atoms with Crippen LogP contribution in [0, 0.1) is 87.8 Å². The van der Waals surface area contributed by atoms with Gasteiger partial charge in [-0.15, -0.1) is 0 Å². The summed E-state index contributed by atoms with van der Waals surface area (Å²) in [5.41, 5.74) is -1.78. The third-order valence-electron chi connectivity index (χ3n) is 8.38. The van der Waals surface area contributed by atoms with E-state index < -0.39 is 69.3 Å². The van der Waals surface area contributed by atoms with Crippen molar-refractivity contribution in [2.45, 2.75) is 71.1 Å². The van der Waals surface area contributed by atoms with Crippen LogP contribution in [-0.2, 0) is 0 Å². The first-order valence-electron chi connectivity index (χ1n) is 17.4. The average molecular weight is 763 g/mol. The van der Waals surface area contributed by atoms with Gasteiger partial charge in [0.05, 0.1) is 24.3 Å². The second-order valence-electron chi connectivity index (χ2n) is 12.7. The van der Waals surface area contributed by atoms with Gasteiger partial charge in [0.2, 0.25) is 0 Å². The Hall–Kier alpha value is -5.10. The quantitative estimate of drug-likeness (QED) is 0.0490. The van der Waals surface area contributed by atoms with E-state index in [2.05, 4.69) is 30.6 Å². The molecular weight excluding hydrogens is 726 g/mol.